The van der Waals surface area contributed by atoms with Crippen molar-refractivity contribution in [1.82, 2.24) is 5.32 Å². The molecule has 0 saturated carbocycles. The van der Waals surface area contributed by atoms with Gasteiger partial charge in [0.05, 0.1) is 11.8 Å². The van der Waals surface area contributed by atoms with Gasteiger partial charge in [0.15, 0.2) is 0 Å². The van der Waals surface area contributed by atoms with E-state index in [-0.39, 0.29) is 12.5 Å². The van der Waals surface area contributed by atoms with Crippen LogP contribution in [-0.2, 0) is 19.1 Å². The molecule has 7 heteroatoms. The molecule has 1 amide bonds. The second-order valence-electron chi connectivity index (χ2n) is 5.95. The number of carboxylic acids is 1. The number of hydrogen-bond donors (Lipinski definition) is 2. The van der Waals surface area contributed by atoms with E-state index in [9.17, 15) is 14.4 Å². The van der Waals surface area contributed by atoms with Crippen LogP contribution in [0.15, 0.2) is 0 Å². The molecule has 0 rings (SSSR count). The molecular weight excluding hydrogens is 290 g/mol. The summed E-state index contributed by atoms with van der Waals surface area (Å²) < 4.78 is 9.72. The van der Waals surface area contributed by atoms with Gasteiger partial charge in [-0.15, -0.1) is 0 Å². The molecule has 0 fully saturated rings. The van der Waals surface area contributed by atoms with Crippen molar-refractivity contribution in [3.05, 3.63) is 0 Å². The van der Waals surface area contributed by atoms with Gasteiger partial charge in [0.1, 0.15) is 0 Å². The van der Waals surface area contributed by atoms with Crippen molar-refractivity contribution < 1.29 is 29.0 Å². The van der Waals surface area contributed by atoms with Crippen LogP contribution in [0.5, 0.6) is 0 Å². The zero-order chi connectivity index (χ0) is 17.3. The number of aliphatic carboxylic acids is 1. The molecule has 0 aromatic carbocycles. The van der Waals surface area contributed by atoms with Crippen LogP contribution in [-0.4, -0.2) is 36.0 Å². The van der Waals surface area contributed by atoms with Gasteiger partial charge < -0.3 is 19.9 Å². The minimum Gasteiger partial charge on any atom is -0.481 e. The van der Waals surface area contributed by atoms with E-state index < -0.39 is 30.2 Å². The van der Waals surface area contributed by atoms with Crippen LogP contribution in [0.4, 0.5) is 4.79 Å². The zero-order valence-electron chi connectivity index (χ0n) is 13.9. The van der Waals surface area contributed by atoms with E-state index in [0.29, 0.717) is 12.3 Å². The molecule has 2 N–H and O–H groups in total. The molecule has 0 spiro atoms. The zero-order valence-corrected chi connectivity index (χ0v) is 13.9. The highest BCUT2D eigenvalue weighted by Crippen LogP contribution is 2.12. The average molecular weight is 317 g/mol. The summed E-state index contributed by atoms with van der Waals surface area (Å²) in [6.45, 7) is 8.75. The van der Waals surface area contributed by atoms with Gasteiger partial charge in [-0.2, -0.15) is 0 Å². The first-order valence-electron chi connectivity index (χ1n) is 7.51. The molecule has 22 heavy (non-hydrogen) atoms. The minimum atomic E-state index is -1.02. The van der Waals surface area contributed by atoms with Gasteiger partial charge in [-0.05, 0) is 12.3 Å². The van der Waals surface area contributed by atoms with Crippen LogP contribution in [0.2, 0.25) is 0 Å². The van der Waals surface area contributed by atoms with Crippen LogP contribution in [0.25, 0.3) is 0 Å². The first-order valence-corrected chi connectivity index (χ1v) is 7.51. The summed E-state index contributed by atoms with van der Waals surface area (Å²) in [5, 5.41) is 11.5. The quantitative estimate of drug-likeness (QED) is 0.500. The van der Waals surface area contributed by atoms with Crippen LogP contribution in [0, 0.1) is 17.8 Å². The largest absolute Gasteiger partial charge is 0.481 e. The fourth-order valence-corrected chi connectivity index (χ4v) is 1.57. The van der Waals surface area contributed by atoms with Gasteiger partial charge in [-0.25, -0.2) is 4.79 Å². The normalized spacial score (nSPS) is 13.6. The Bertz CT molecular complexity index is 380. The van der Waals surface area contributed by atoms with E-state index in [1.165, 1.54) is 6.92 Å². The highest BCUT2D eigenvalue weighted by atomic mass is 16.7. The molecule has 2 unspecified atom stereocenters. The molecule has 0 aliphatic heterocycles. The summed E-state index contributed by atoms with van der Waals surface area (Å²) in [5.41, 5.74) is 0. The van der Waals surface area contributed by atoms with E-state index in [1.54, 1.807) is 13.8 Å². The third-order valence-corrected chi connectivity index (χ3v) is 2.96. The third-order valence-electron chi connectivity index (χ3n) is 2.96. The van der Waals surface area contributed by atoms with Gasteiger partial charge >= 0.3 is 18.0 Å². The number of carbonyl (C=O) groups is 3. The standard InChI is InChI=1S/C15H27NO6/c1-9(2)6-7-12(13(17)18)8-16-15(20)22-11(5)21-14(19)10(3)4/h9-12H,6-8H2,1-5H3,(H,16,20)(H,17,18). The molecule has 0 aromatic rings. The predicted octanol–water partition coefficient (Wildman–Crippen LogP) is 2.39. The number of alkyl carbamates (subject to hydrolysis) is 1. The van der Waals surface area contributed by atoms with E-state index in [4.69, 9.17) is 14.6 Å². The topological polar surface area (TPSA) is 102 Å². The minimum absolute atomic E-state index is 0.0221. The smallest absolute Gasteiger partial charge is 0.410 e. The number of rotatable bonds is 9. The Hall–Kier alpha value is -1.79. The maximum absolute atomic E-state index is 11.6. The van der Waals surface area contributed by atoms with E-state index in [1.807, 2.05) is 13.8 Å². The van der Waals surface area contributed by atoms with Crippen molar-refractivity contribution in [3.63, 3.8) is 0 Å². The van der Waals surface area contributed by atoms with Crippen LogP contribution >= 0.6 is 0 Å². The fraction of sp³-hybridized carbons (Fsp3) is 0.800. The molecule has 0 aromatic heterocycles. The highest BCUT2D eigenvalue weighted by molar-refractivity contribution is 5.73. The van der Waals surface area contributed by atoms with E-state index >= 15 is 0 Å². The summed E-state index contributed by atoms with van der Waals surface area (Å²) in [6, 6.07) is 0. The van der Waals surface area contributed by atoms with Crippen molar-refractivity contribution in [1.29, 1.82) is 0 Å². The summed E-state index contributed by atoms with van der Waals surface area (Å²) in [7, 11) is 0. The SMILES string of the molecule is CC(C)CCC(CNC(=O)OC(C)OC(=O)C(C)C)C(=O)O. The van der Waals surface area contributed by atoms with Crippen LogP contribution in [0.1, 0.15) is 47.5 Å². The Morgan fingerprint density at radius 1 is 1.00 bits per heavy atom. The number of carboxylic acid groups (broad SMARTS) is 1. The first-order chi connectivity index (χ1) is 10.1. The van der Waals surface area contributed by atoms with Crippen molar-refractivity contribution in [3.8, 4) is 0 Å². The number of esters is 1. The number of nitrogens with one attached hydrogen (secondary N) is 1. The summed E-state index contributed by atoms with van der Waals surface area (Å²) in [5.74, 6) is -2.02. The Morgan fingerprint density at radius 2 is 1.59 bits per heavy atom. The number of ether oxygens (including phenoxy) is 2. The molecule has 0 aliphatic rings. The monoisotopic (exact) mass is 317 g/mol. The molecule has 7 nitrogen and oxygen atoms in total. The van der Waals surface area contributed by atoms with Crippen molar-refractivity contribution in [2.45, 2.75) is 53.8 Å². The van der Waals surface area contributed by atoms with Gasteiger partial charge in [0.2, 0.25) is 6.29 Å². The Balaban J connectivity index is 4.18. The molecule has 0 radical (unpaired) electrons. The molecule has 128 valence electrons. The maximum atomic E-state index is 11.6. The van der Waals surface area contributed by atoms with Crippen LogP contribution < -0.4 is 5.32 Å². The lowest BCUT2D eigenvalue weighted by atomic mass is 9.98. The Morgan fingerprint density at radius 3 is 2.05 bits per heavy atom. The van der Waals surface area contributed by atoms with Crippen molar-refractivity contribution in [2.75, 3.05) is 6.54 Å². The van der Waals surface area contributed by atoms with Crippen LogP contribution in [0.3, 0.4) is 0 Å². The lowest BCUT2D eigenvalue weighted by Crippen LogP contribution is -2.36. The molecule has 0 heterocycles. The summed E-state index contributed by atoms with van der Waals surface area (Å²) in [4.78, 5) is 34.0. The molecule has 0 bridgehead atoms. The lowest BCUT2D eigenvalue weighted by molar-refractivity contribution is -0.168. The molecule has 0 saturated heterocycles. The molecule has 2 atom stereocenters. The van der Waals surface area contributed by atoms with Gasteiger partial charge in [-0.1, -0.05) is 34.1 Å². The summed E-state index contributed by atoms with van der Waals surface area (Å²) >= 11 is 0. The van der Waals surface area contributed by atoms with Gasteiger partial charge in [-0.3, -0.25) is 9.59 Å². The van der Waals surface area contributed by atoms with Gasteiger partial charge in [0.25, 0.3) is 0 Å². The Kier molecular flexibility index (Phi) is 9.21. The van der Waals surface area contributed by atoms with Crippen molar-refractivity contribution in [2.24, 2.45) is 17.8 Å². The van der Waals surface area contributed by atoms with E-state index in [2.05, 4.69) is 5.32 Å². The van der Waals surface area contributed by atoms with Crippen molar-refractivity contribution >= 4 is 18.0 Å². The van der Waals surface area contributed by atoms with Gasteiger partial charge in [0, 0.05) is 13.5 Å². The second kappa shape index (κ2) is 10.0. The molecule has 0 aliphatic carbocycles. The highest BCUT2D eigenvalue weighted by Gasteiger charge is 2.21. The maximum Gasteiger partial charge on any atom is 0.410 e. The van der Waals surface area contributed by atoms with E-state index in [0.717, 1.165) is 6.42 Å². The lowest BCUT2D eigenvalue weighted by Gasteiger charge is -2.17. The second-order valence-corrected chi connectivity index (χ2v) is 5.95. The first kappa shape index (κ1) is 20.2. The predicted molar refractivity (Wildman–Crippen MR) is 80.1 cm³/mol. The number of amides is 1. The third kappa shape index (κ3) is 9.20. The number of carbonyl (C=O) groups excluding carboxylic acids is 2. The number of hydrogen-bond acceptors (Lipinski definition) is 5. The fourth-order valence-electron chi connectivity index (χ4n) is 1.57. The Labute approximate surface area is 131 Å². The average Bonchev–Trinajstić information content (AvgIpc) is 2.37. The molecular formula is C15H27NO6. The summed E-state index contributed by atoms with van der Waals surface area (Å²) in [6.07, 6.45) is -0.588.